The third-order valence-corrected chi connectivity index (χ3v) is 5.82. The molecule has 0 saturated carbocycles. The molecule has 130 valence electrons. The lowest BCUT2D eigenvalue weighted by Crippen LogP contribution is -2.42. The van der Waals surface area contributed by atoms with Crippen LogP contribution in [0.2, 0.25) is 0 Å². The highest BCUT2D eigenvalue weighted by molar-refractivity contribution is 7.17. The summed E-state index contributed by atoms with van der Waals surface area (Å²) in [7, 11) is 0. The molecule has 1 amide bonds. The maximum atomic E-state index is 12.4. The van der Waals surface area contributed by atoms with Crippen molar-refractivity contribution in [3.05, 3.63) is 46.3 Å². The first-order valence-corrected chi connectivity index (χ1v) is 9.27. The van der Waals surface area contributed by atoms with E-state index in [4.69, 9.17) is 9.47 Å². The van der Waals surface area contributed by atoms with Crippen molar-refractivity contribution in [1.29, 1.82) is 0 Å². The fourth-order valence-electron chi connectivity index (χ4n) is 3.27. The second-order valence-corrected chi connectivity index (χ2v) is 7.24. The number of benzene rings is 1. The van der Waals surface area contributed by atoms with Crippen LogP contribution in [0.3, 0.4) is 0 Å². The SMILES string of the molecule is O=C(OCC(=O)N1CCOCC1)c1cc2c(s1)-c1ccccc1CC2. The highest BCUT2D eigenvalue weighted by atomic mass is 32.1. The van der Waals surface area contributed by atoms with Gasteiger partial charge in [0, 0.05) is 18.0 Å². The Balaban J connectivity index is 1.44. The Hall–Kier alpha value is -2.18. The van der Waals surface area contributed by atoms with Crippen LogP contribution in [-0.4, -0.2) is 49.7 Å². The molecule has 2 aromatic rings. The number of aryl methyl sites for hydroxylation is 2. The van der Waals surface area contributed by atoms with Gasteiger partial charge in [-0.05, 0) is 35.6 Å². The molecule has 5 nitrogen and oxygen atoms in total. The number of carbonyl (C=O) groups is 2. The van der Waals surface area contributed by atoms with Crippen molar-refractivity contribution >= 4 is 23.2 Å². The van der Waals surface area contributed by atoms with E-state index in [1.165, 1.54) is 28.0 Å². The average Bonchev–Trinajstić information content (AvgIpc) is 3.11. The first-order chi connectivity index (χ1) is 12.2. The summed E-state index contributed by atoms with van der Waals surface area (Å²) < 4.78 is 10.5. The van der Waals surface area contributed by atoms with Gasteiger partial charge >= 0.3 is 5.97 Å². The van der Waals surface area contributed by atoms with E-state index in [9.17, 15) is 9.59 Å². The molecule has 0 atom stereocenters. The fraction of sp³-hybridized carbons (Fsp3) is 0.368. The molecule has 6 heteroatoms. The molecule has 0 radical (unpaired) electrons. The number of morpholine rings is 1. The van der Waals surface area contributed by atoms with Gasteiger partial charge in [-0.3, -0.25) is 4.79 Å². The molecule has 0 bridgehead atoms. The molecule has 0 spiro atoms. The molecule has 2 heterocycles. The van der Waals surface area contributed by atoms with E-state index in [1.54, 1.807) is 4.90 Å². The van der Waals surface area contributed by atoms with Gasteiger partial charge in [-0.15, -0.1) is 11.3 Å². The lowest BCUT2D eigenvalue weighted by molar-refractivity contribution is -0.138. The van der Waals surface area contributed by atoms with Gasteiger partial charge in [0.15, 0.2) is 6.61 Å². The smallest absolute Gasteiger partial charge is 0.348 e. The molecule has 4 rings (SSSR count). The monoisotopic (exact) mass is 357 g/mol. The van der Waals surface area contributed by atoms with Crippen molar-refractivity contribution in [1.82, 2.24) is 4.90 Å². The zero-order valence-corrected chi connectivity index (χ0v) is 14.6. The molecule has 1 aromatic heterocycles. The van der Waals surface area contributed by atoms with Crippen LogP contribution in [0.25, 0.3) is 10.4 Å². The Kier molecular flexibility index (Phi) is 4.55. The second kappa shape index (κ2) is 6.98. The van der Waals surface area contributed by atoms with Gasteiger partial charge in [0.1, 0.15) is 4.88 Å². The molecule has 1 aliphatic carbocycles. The number of thiophene rings is 1. The molecule has 0 N–H and O–H groups in total. The summed E-state index contributed by atoms with van der Waals surface area (Å²) in [6.07, 6.45) is 1.92. The van der Waals surface area contributed by atoms with E-state index >= 15 is 0 Å². The Morgan fingerprint density at radius 1 is 1.12 bits per heavy atom. The number of carbonyl (C=O) groups excluding carboxylic acids is 2. The van der Waals surface area contributed by atoms with E-state index in [0.29, 0.717) is 31.2 Å². The number of hydrogen-bond acceptors (Lipinski definition) is 5. The van der Waals surface area contributed by atoms with Crippen molar-refractivity contribution in [3.8, 4) is 10.4 Å². The van der Waals surface area contributed by atoms with Crippen LogP contribution in [-0.2, 0) is 27.1 Å². The standard InChI is InChI=1S/C19H19NO4S/c21-17(20-7-9-23-10-8-20)12-24-19(22)16-11-14-6-5-13-3-1-2-4-15(13)18(14)25-16/h1-4,11H,5-10,12H2. The van der Waals surface area contributed by atoms with E-state index in [2.05, 4.69) is 12.1 Å². The number of ether oxygens (including phenoxy) is 2. The van der Waals surface area contributed by atoms with Gasteiger partial charge in [0.2, 0.25) is 0 Å². The Labute approximate surface area is 150 Å². The molecule has 1 aromatic carbocycles. The van der Waals surface area contributed by atoms with Crippen LogP contribution in [0.15, 0.2) is 30.3 Å². The molecule has 0 unspecified atom stereocenters. The highest BCUT2D eigenvalue weighted by Crippen LogP contribution is 2.39. The summed E-state index contributed by atoms with van der Waals surface area (Å²) in [5, 5.41) is 0. The Bertz CT molecular complexity index is 808. The van der Waals surface area contributed by atoms with Crippen LogP contribution >= 0.6 is 11.3 Å². The van der Waals surface area contributed by atoms with Gasteiger partial charge in [-0.2, -0.15) is 0 Å². The predicted molar refractivity (Wildman–Crippen MR) is 94.8 cm³/mol. The Morgan fingerprint density at radius 3 is 2.72 bits per heavy atom. The lowest BCUT2D eigenvalue weighted by atomic mass is 9.91. The third-order valence-electron chi connectivity index (χ3n) is 4.63. The van der Waals surface area contributed by atoms with Crippen LogP contribution in [0, 0.1) is 0 Å². The van der Waals surface area contributed by atoms with Crippen LogP contribution < -0.4 is 0 Å². The normalized spacial score (nSPS) is 16.1. The number of hydrogen-bond donors (Lipinski definition) is 0. The van der Waals surface area contributed by atoms with E-state index in [0.717, 1.165) is 17.7 Å². The van der Waals surface area contributed by atoms with E-state index in [1.807, 2.05) is 18.2 Å². The van der Waals surface area contributed by atoms with Gasteiger partial charge in [-0.1, -0.05) is 24.3 Å². The zero-order chi connectivity index (χ0) is 17.2. The van der Waals surface area contributed by atoms with Gasteiger partial charge in [0.05, 0.1) is 13.2 Å². The van der Waals surface area contributed by atoms with Crippen molar-refractivity contribution in [2.24, 2.45) is 0 Å². The van der Waals surface area contributed by atoms with Gasteiger partial charge < -0.3 is 14.4 Å². The van der Waals surface area contributed by atoms with Crippen LogP contribution in [0.4, 0.5) is 0 Å². The van der Waals surface area contributed by atoms with Crippen molar-refractivity contribution in [2.45, 2.75) is 12.8 Å². The first-order valence-electron chi connectivity index (χ1n) is 8.46. The highest BCUT2D eigenvalue weighted by Gasteiger charge is 2.23. The van der Waals surface area contributed by atoms with E-state index < -0.39 is 5.97 Å². The summed E-state index contributed by atoms with van der Waals surface area (Å²) in [4.78, 5) is 27.8. The zero-order valence-electron chi connectivity index (χ0n) is 13.8. The number of amides is 1. The summed E-state index contributed by atoms with van der Waals surface area (Å²) in [6.45, 7) is 1.98. The fourth-order valence-corrected chi connectivity index (χ4v) is 4.44. The van der Waals surface area contributed by atoms with Crippen LogP contribution in [0.1, 0.15) is 20.8 Å². The minimum Gasteiger partial charge on any atom is -0.451 e. The van der Waals surface area contributed by atoms with Gasteiger partial charge in [0.25, 0.3) is 5.91 Å². The summed E-state index contributed by atoms with van der Waals surface area (Å²) in [5.74, 6) is -0.582. The number of fused-ring (bicyclic) bond motifs is 3. The molecule has 1 fully saturated rings. The van der Waals surface area contributed by atoms with Crippen molar-refractivity contribution in [2.75, 3.05) is 32.9 Å². The second-order valence-electron chi connectivity index (χ2n) is 6.19. The number of rotatable bonds is 3. The molecule has 2 aliphatic rings. The molecular formula is C19H19NO4S. The predicted octanol–water partition coefficient (Wildman–Crippen LogP) is 2.53. The van der Waals surface area contributed by atoms with Crippen molar-refractivity contribution in [3.63, 3.8) is 0 Å². The summed E-state index contributed by atoms with van der Waals surface area (Å²) in [5.41, 5.74) is 3.71. The maximum Gasteiger partial charge on any atom is 0.348 e. The van der Waals surface area contributed by atoms with Gasteiger partial charge in [-0.25, -0.2) is 4.79 Å². The molecule has 1 saturated heterocycles. The maximum absolute atomic E-state index is 12.4. The topological polar surface area (TPSA) is 55.8 Å². The summed E-state index contributed by atoms with van der Waals surface area (Å²) in [6, 6.07) is 10.2. The molecule has 25 heavy (non-hydrogen) atoms. The van der Waals surface area contributed by atoms with Crippen molar-refractivity contribution < 1.29 is 19.1 Å². The molecule has 1 aliphatic heterocycles. The summed E-state index contributed by atoms with van der Waals surface area (Å²) >= 11 is 1.45. The van der Waals surface area contributed by atoms with E-state index in [-0.39, 0.29) is 12.5 Å². The quantitative estimate of drug-likeness (QED) is 0.792. The Morgan fingerprint density at radius 2 is 1.88 bits per heavy atom. The first kappa shape index (κ1) is 16.3. The minimum atomic E-state index is -0.418. The largest absolute Gasteiger partial charge is 0.451 e. The number of esters is 1. The third kappa shape index (κ3) is 3.32. The molecular weight excluding hydrogens is 338 g/mol. The minimum absolute atomic E-state index is 0.164. The van der Waals surface area contributed by atoms with Crippen LogP contribution in [0.5, 0.6) is 0 Å². The average molecular weight is 357 g/mol. The lowest BCUT2D eigenvalue weighted by Gasteiger charge is -2.26. The number of nitrogens with zero attached hydrogens (tertiary/aromatic N) is 1.